The Kier molecular flexibility index (Phi) is 5.16. The molecule has 0 saturated carbocycles. The van der Waals surface area contributed by atoms with Crippen LogP contribution in [0.3, 0.4) is 0 Å². The topological polar surface area (TPSA) is 55.1 Å². The van der Waals surface area contributed by atoms with Gasteiger partial charge in [-0.2, -0.15) is 0 Å². The van der Waals surface area contributed by atoms with E-state index in [4.69, 9.17) is 5.73 Å². The summed E-state index contributed by atoms with van der Waals surface area (Å²) in [4.78, 5) is 11.6. The third kappa shape index (κ3) is 4.57. The van der Waals surface area contributed by atoms with E-state index >= 15 is 0 Å². The van der Waals surface area contributed by atoms with Crippen LogP contribution in [0.2, 0.25) is 0 Å². The third-order valence-corrected chi connectivity index (χ3v) is 2.69. The van der Waals surface area contributed by atoms with Crippen LogP contribution in [-0.4, -0.2) is 5.91 Å². The number of hydrogen-bond donors (Lipinski definition) is 2. The van der Waals surface area contributed by atoms with E-state index in [1.165, 1.54) is 0 Å². The highest BCUT2D eigenvalue weighted by Gasteiger charge is 2.10. The Morgan fingerprint density at radius 2 is 1.82 bits per heavy atom. The molecule has 0 aliphatic heterocycles. The number of hydrogen-bond acceptors (Lipinski definition) is 2. The van der Waals surface area contributed by atoms with Crippen molar-refractivity contribution in [3.63, 3.8) is 0 Å². The molecule has 17 heavy (non-hydrogen) atoms. The summed E-state index contributed by atoms with van der Waals surface area (Å²) in [5.41, 5.74) is 7.76. The molecule has 0 spiro atoms. The molecule has 0 radical (unpaired) electrons. The van der Waals surface area contributed by atoms with Gasteiger partial charge in [0.15, 0.2) is 0 Å². The second kappa shape index (κ2) is 6.40. The molecular weight excluding hydrogens is 212 g/mol. The van der Waals surface area contributed by atoms with E-state index in [1.54, 1.807) is 0 Å². The number of rotatable bonds is 5. The first-order valence-electron chi connectivity index (χ1n) is 6.11. The fourth-order valence-electron chi connectivity index (χ4n) is 1.70. The van der Waals surface area contributed by atoms with E-state index in [0.29, 0.717) is 18.9 Å². The predicted octanol–water partition coefficient (Wildman–Crippen LogP) is 2.37. The van der Waals surface area contributed by atoms with Gasteiger partial charge in [-0.1, -0.05) is 38.1 Å². The Hall–Kier alpha value is -1.35. The van der Waals surface area contributed by atoms with Crippen LogP contribution >= 0.6 is 0 Å². The standard InChI is InChI=1S/C14H22N2O/c1-10(2)8-14(17)16-11(3)13-6-4-12(9-15)5-7-13/h4-7,10-11H,8-9,15H2,1-3H3,(H,16,17). The highest BCUT2D eigenvalue weighted by atomic mass is 16.1. The van der Waals surface area contributed by atoms with Gasteiger partial charge in [-0.15, -0.1) is 0 Å². The van der Waals surface area contributed by atoms with E-state index in [1.807, 2.05) is 45.0 Å². The average molecular weight is 234 g/mol. The van der Waals surface area contributed by atoms with Crippen molar-refractivity contribution >= 4 is 5.91 Å². The van der Waals surface area contributed by atoms with Gasteiger partial charge in [0.1, 0.15) is 0 Å². The summed E-state index contributed by atoms with van der Waals surface area (Å²) < 4.78 is 0. The maximum Gasteiger partial charge on any atom is 0.220 e. The minimum absolute atomic E-state index is 0.0491. The van der Waals surface area contributed by atoms with Crippen LogP contribution in [0.25, 0.3) is 0 Å². The highest BCUT2D eigenvalue weighted by molar-refractivity contribution is 5.76. The molecule has 1 aromatic carbocycles. The van der Waals surface area contributed by atoms with Gasteiger partial charge in [0.2, 0.25) is 5.91 Å². The van der Waals surface area contributed by atoms with Crippen molar-refractivity contribution < 1.29 is 4.79 Å². The summed E-state index contributed by atoms with van der Waals surface area (Å²) in [6.07, 6.45) is 0.575. The molecule has 0 heterocycles. The van der Waals surface area contributed by atoms with Crippen LogP contribution in [-0.2, 0) is 11.3 Å². The Bertz CT molecular complexity index is 357. The molecule has 94 valence electrons. The molecule has 3 heteroatoms. The Labute approximate surface area is 103 Å². The number of nitrogens with one attached hydrogen (secondary N) is 1. The molecule has 1 unspecified atom stereocenters. The lowest BCUT2D eigenvalue weighted by Gasteiger charge is -2.15. The summed E-state index contributed by atoms with van der Waals surface area (Å²) in [6, 6.07) is 8.08. The van der Waals surface area contributed by atoms with Gasteiger partial charge in [0.05, 0.1) is 6.04 Å². The Balaban J connectivity index is 2.56. The van der Waals surface area contributed by atoms with Crippen molar-refractivity contribution in [1.29, 1.82) is 0 Å². The molecule has 1 aromatic rings. The fourth-order valence-corrected chi connectivity index (χ4v) is 1.70. The van der Waals surface area contributed by atoms with Crippen molar-refractivity contribution in [2.75, 3.05) is 0 Å². The van der Waals surface area contributed by atoms with Gasteiger partial charge in [-0.05, 0) is 24.0 Å². The van der Waals surface area contributed by atoms with Crippen molar-refractivity contribution in [2.24, 2.45) is 11.7 Å². The summed E-state index contributed by atoms with van der Waals surface area (Å²) >= 11 is 0. The molecule has 3 N–H and O–H groups in total. The van der Waals surface area contributed by atoms with Crippen LogP contribution < -0.4 is 11.1 Å². The molecule has 0 saturated heterocycles. The lowest BCUT2D eigenvalue weighted by atomic mass is 10.1. The van der Waals surface area contributed by atoms with E-state index in [0.717, 1.165) is 11.1 Å². The first-order valence-corrected chi connectivity index (χ1v) is 6.11. The lowest BCUT2D eigenvalue weighted by molar-refractivity contribution is -0.122. The molecule has 0 aliphatic rings. The Morgan fingerprint density at radius 1 is 1.24 bits per heavy atom. The third-order valence-electron chi connectivity index (χ3n) is 2.69. The SMILES string of the molecule is CC(C)CC(=O)NC(C)c1ccc(CN)cc1. The smallest absolute Gasteiger partial charge is 0.220 e. The monoisotopic (exact) mass is 234 g/mol. The van der Waals surface area contributed by atoms with Gasteiger partial charge >= 0.3 is 0 Å². The summed E-state index contributed by atoms with van der Waals surface area (Å²) in [5.74, 6) is 0.497. The molecule has 0 fully saturated rings. The normalized spacial score (nSPS) is 12.5. The van der Waals surface area contributed by atoms with E-state index in [9.17, 15) is 4.79 Å². The number of nitrogens with two attached hydrogens (primary N) is 1. The molecule has 1 amide bonds. The molecule has 0 aliphatic carbocycles. The molecule has 3 nitrogen and oxygen atoms in total. The molecule has 0 bridgehead atoms. The molecule has 0 aromatic heterocycles. The zero-order valence-corrected chi connectivity index (χ0v) is 10.9. The fraction of sp³-hybridized carbons (Fsp3) is 0.500. The van der Waals surface area contributed by atoms with Crippen LogP contribution in [0.5, 0.6) is 0 Å². The minimum Gasteiger partial charge on any atom is -0.350 e. The van der Waals surface area contributed by atoms with Crippen LogP contribution in [0.4, 0.5) is 0 Å². The van der Waals surface area contributed by atoms with Crippen molar-refractivity contribution in [1.82, 2.24) is 5.32 Å². The minimum atomic E-state index is 0.0491. The zero-order valence-electron chi connectivity index (χ0n) is 10.9. The summed E-state index contributed by atoms with van der Waals surface area (Å²) in [6.45, 7) is 6.63. The summed E-state index contributed by atoms with van der Waals surface area (Å²) in [7, 11) is 0. The lowest BCUT2D eigenvalue weighted by Crippen LogP contribution is -2.27. The van der Waals surface area contributed by atoms with Crippen molar-refractivity contribution in [2.45, 2.75) is 39.8 Å². The van der Waals surface area contributed by atoms with Crippen LogP contribution in [0, 0.1) is 5.92 Å². The number of benzene rings is 1. The first kappa shape index (κ1) is 13.7. The zero-order chi connectivity index (χ0) is 12.8. The van der Waals surface area contributed by atoms with Gasteiger partial charge in [-0.3, -0.25) is 4.79 Å². The quantitative estimate of drug-likeness (QED) is 0.821. The number of amides is 1. The van der Waals surface area contributed by atoms with Crippen molar-refractivity contribution in [3.8, 4) is 0 Å². The Morgan fingerprint density at radius 3 is 2.29 bits per heavy atom. The van der Waals surface area contributed by atoms with E-state index in [2.05, 4.69) is 5.32 Å². The average Bonchev–Trinajstić information content (AvgIpc) is 2.28. The highest BCUT2D eigenvalue weighted by Crippen LogP contribution is 2.14. The van der Waals surface area contributed by atoms with E-state index in [-0.39, 0.29) is 11.9 Å². The number of carbonyl (C=O) groups excluding carboxylic acids is 1. The predicted molar refractivity (Wildman–Crippen MR) is 70.3 cm³/mol. The maximum atomic E-state index is 11.6. The number of carbonyl (C=O) groups is 1. The van der Waals surface area contributed by atoms with Crippen molar-refractivity contribution in [3.05, 3.63) is 35.4 Å². The van der Waals surface area contributed by atoms with E-state index < -0.39 is 0 Å². The van der Waals surface area contributed by atoms with Gasteiger partial charge < -0.3 is 11.1 Å². The first-order chi connectivity index (χ1) is 8.02. The van der Waals surface area contributed by atoms with Gasteiger partial charge in [0.25, 0.3) is 0 Å². The largest absolute Gasteiger partial charge is 0.350 e. The van der Waals surface area contributed by atoms with Crippen LogP contribution in [0.1, 0.15) is 44.4 Å². The molecule has 1 rings (SSSR count). The molecule has 1 atom stereocenters. The molecular formula is C14H22N2O. The van der Waals surface area contributed by atoms with Gasteiger partial charge in [0, 0.05) is 13.0 Å². The second-order valence-electron chi connectivity index (χ2n) is 4.83. The summed E-state index contributed by atoms with van der Waals surface area (Å²) in [5, 5.41) is 2.99. The second-order valence-corrected chi connectivity index (χ2v) is 4.83. The van der Waals surface area contributed by atoms with Crippen LogP contribution in [0.15, 0.2) is 24.3 Å². The van der Waals surface area contributed by atoms with Gasteiger partial charge in [-0.25, -0.2) is 0 Å². The maximum absolute atomic E-state index is 11.6.